The Labute approximate surface area is 194 Å². The zero-order valence-corrected chi connectivity index (χ0v) is 19.9. The van der Waals surface area contributed by atoms with E-state index in [1.807, 2.05) is 13.8 Å². The Morgan fingerprint density at radius 3 is 2.58 bits per heavy atom. The van der Waals surface area contributed by atoms with E-state index in [9.17, 15) is 19.8 Å². The van der Waals surface area contributed by atoms with Crippen molar-refractivity contribution < 1.29 is 29.3 Å². The van der Waals surface area contributed by atoms with Gasteiger partial charge in [0.2, 0.25) is 0 Å². The van der Waals surface area contributed by atoms with Crippen molar-refractivity contribution in [2.75, 3.05) is 6.54 Å². The van der Waals surface area contributed by atoms with Crippen LogP contribution in [0.2, 0.25) is 0 Å². The molecule has 0 aromatic carbocycles. The number of ether oxygens (including phenoxy) is 2. The molecule has 0 amide bonds. The van der Waals surface area contributed by atoms with Crippen molar-refractivity contribution in [3.63, 3.8) is 0 Å². The van der Waals surface area contributed by atoms with Crippen LogP contribution in [0.15, 0.2) is 12.2 Å². The van der Waals surface area contributed by atoms with Crippen LogP contribution in [0.4, 0.5) is 0 Å². The molecule has 0 aromatic heterocycles. The van der Waals surface area contributed by atoms with Gasteiger partial charge in [0.05, 0.1) is 12.0 Å². The number of aliphatic hydroxyl groups is 2. The molecule has 9 bridgehead atoms. The van der Waals surface area contributed by atoms with Gasteiger partial charge in [-0.05, 0) is 37.0 Å². The molecular weight excluding hydrogens is 422 g/mol. The molecule has 9 aliphatic rings. The third kappa shape index (κ3) is 1.90. The van der Waals surface area contributed by atoms with E-state index in [1.165, 1.54) is 6.92 Å². The molecule has 6 saturated carbocycles. The first-order valence-electron chi connectivity index (χ1n) is 12.6. The average molecular weight is 458 g/mol. The van der Waals surface area contributed by atoms with Crippen LogP contribution in [0.25, 0.3) is 0 Å². The Hall–Kier alpha value is -1.44. The Balaban J connectivity index is 1.41. The number of carbonyl (C=O) groups excluding carboxylic acids is 2. The van der Waals surface area contributed by atoms with Crippen molar-refractivity contribution in [3.8, 4) is 0 Å². The fourth-order valence-corrected chi connectivity index (χ4v) is 11.3. The molecule has 6 aliphatic carbocycles. The number of hydrogen-bond acceptors (Lipinski definition) is 7. The Bertz CT molecular complexity index is 1010. The summed E-state index contributed by atoms with van der Waals surface area (Å²) >= 11 is 0. The maximum Gasteiger partial charge on any atom is 0.308 e. The molecule has 33 heavy (non-hydrogen) atoms. The summed E-state index contributed by atoms with van der Waals surface area (Å²) in [6.07, 6.45) is 1.27. The van der Waals surface area contributed by atoms with E-state index in [0.29, 0.717) is 24.8 Å². The van der Waals surface area contributed by atoms with Crippen molar-refractivity contribution in [1.29, 1.82) is 0 Å². The van der Waals surface area contributed by atoms with Crippen molar-refractivity contribution in [3.05, 3.63) is 12.2 Å². The summed E-state index contributed by atoms with van der Waals surface area (Å²) < 4.78 is 11.9. The van der Waals surface area contributed by atoms with Crippen LogP contribution in [0.5, 0.6) is 0 Å². The number of piperidine rings is 2. The number of hydrogen-bond donors (Lipinski definition) is 2. The van der Waals surface area contributed by atoms with Gasteiger partial charge in [-0.25, -0.2) is 0 Å². The summed E-state index contributed by atoms with van der Waals surface area (Å²) in [7, 11) is 0. The van der Waals surface area contributed by atoms with E-state index in [0.717, 1.165) is 25.0 Å². The number of nitrogens with zero attached hydrogens (tertiary/aromatic N) is 1. The van der Waals surface area contributed by atoms with Gasteiger partial charge in [-0.2, -0.15) is 0 Å². The second-order valence-corrected chi connectivity index (χ2v) is 13.1. The summed E-state index contributed by atoms with van der Waals surface area (Å²) in [5.74, 6) is -1.01. The van der Waals surface area contributed by atoms with Crippen LogP contribution < -0.4 is 0 Å². The summed E-state index contributed by atoms with van der Waals surface area (Å²) in [6.45, 7) is 12.5. The maximum absolute atomic E-state index is 12.7. The van der Waals surface area contributed by atoms with E-state index < -0.39 is 35.1 Å². The molecule has 13 atom stereocenters. The Morgan fingerprint density at radius 2 is 1.91 bits per heavy atom. The van der Waals surface area contributed by atoms with Crippen molar-refractivity contribution >= 4 is 11.9 Å². The highest BCUT2D eigenvalue weighted by molar-refractivity contribution is 5.71. The lowest BCUT2D eigenvalue weighted by Crippen LogP contribution is -2.77. The van der Waals surface area contributed by atoms with Crippen LogP contribution >= 0.6 is 0 Å². The maximum atomic E-state index is 12.7. The minimum absolute atomic E-state index is 0.0241. The fourth-order valence-electron chi connectivity index (χ4n) is 11.3. The van der Waals surface area contributed by atoms with Gasteiger partial charge in [0.15, 0.2) is 0 Å². The van der Waals surface area contributed by atoms with Crippen LogP contribution in [-0.2, 0) is 19.1 Å². The highest BCUT2D eigenvalue weighted by Gasteiger charge is 2.95. The lowest BCUT2D eigenvalue weighted by molar-refractivity contribution is -0.284. The molecule has 3 heterocycles. The Kier molecular flexibility index (Phi) is 3.60. The van der Waals surface area contributed by atoms with E-state index in [-0.39, 0.29) is 40.8 Å². The van der Waals surface area contributed by atoms with E-state index in [2.05, 4.69) is 18.4 Å². The van der Waals surface area contributed by atoms with Gasteiger partial charge in [0.1, 0.15) is 17.8 Å². The van der Waals surface area contributed by atoms with Crippen LogP contribution in [-0.4, -0.2) is 69.6 Å². The smallest absolute Gasteiger partial charge is 0.308 e. The highest BCUT2D eigenvalue weighted by atomic mass is 16.6. The summed E-state index contributed by atoms with van der Waals surface area (Å²) in [4.78, 5) is 27.3. The molecule has 180 valence electrons. The Morgan fingerprint density at radius 1 is 1.18 bits per heavy atom. The zero-order valence-electron chi connectivity index (χ0n) is 19.9. The molecule has 0 aromatic rings. The first-order valence-corrected chi connectivity index (χ1v) is 12.6. The van der Waals surface area contributed by atoms with Crippen molar-refractivity contribution in [1.82, 2.24) is 4.90 Å². The zero-order chi connectivity index (χ0) is 23.5. The molecule has 2 N–H and O–H groups in total. The third-order valence-corrected chi connectivity index (χ3v) is 11.3. The van der Waals surface area contributed by atoms with Crippen molar-refractivity contribution in [2.24, 2.45) is 39.9 Å². The molecule has 9 rings (SSSR count). The minimum atomic E-state index is -1.22. The number of rotatable bonds is 3. The highest BCUT2D eigenvalue weighted by Crippen LogP contribution is 2.88. The second-order valence-electron chi connectivity index (χ2n) is 13.1. The van der Waals surface area contributed by atoms with Crippen LogP contribution in [0.3, 0.4) is 0 Å². The number of carbonyl (C=O) groups is 2. The minimum Gasteiger partial charge on any atom is -0.462 e. The lowest BCUT2D eigenvalue weighted by Gasteiger charge is -2.68. The molecule has 9 fully saturated rings. The first-order chi connectivity index (χ1) is 15.4. The van der Waals surface area contributed by atoms with Crippen LogP contribution in [0, 0.1) is 39.9 Å². The standard InChI is InChI=1S/C26H35NO6/c1-11(2)21(30)33-14-7-23(5)10-27-15-9-24-6-12(3)16-17(29)19(24)25(8-14,18(15)23)22(27)26(24,31)20(16)32-13(4)28/h11,14-20,22,29,31H,3,6-10H2,1-2,4-5H3. The topological polar surface area (TPSA) is 96.3 Å². The normalized spacial score (nSPS) is 60.6. The second kappa shape index (κ2) is 5.68. The number of fused-ring (bicyclic) bond motifs is 1. The van der Waals surface area contributed by atoms with Gasteiger partial charge < -0.3 is 19.7 Å². The quantitative estimate of drug-likeness (QED) is 0.491. The van der Waals surface area contributed by atoms with E-state index in [4.69, 9.17) is 9.47 Å². The molecule has 13 unspecified atom stereocenters. The van der Waals surface area contributed by atoms with Crippen molar-refractivity contribution in [2.45, 2.75) is 89.4 Å². The van der Waals surface area contributed by atoms with Gasteiger partial charge in [-0.3, -0.25) is 14.5 Å². The van der Waals surface area contributed by atoms with Gasteiger partial charge >= 0.3 is 11.9 Å². The van der Waals surface area contributed by atoms with Gasteiger partial charge in [-0.1, -0.05) is 32.9 Å². The van der Waals surface area contributed by atoms with E-state index in [1.54, 1.807) is 0 Å². The lowest BCUT2D eigenvalue weighted by atomic mass is 9.39. The average Bonchev–Trinajstić information content (AvgIpc) is 3.10. The predicted molar refractivity (Wildman–Crippen MR) is 117 cm³/mol. The van der Waals surface area contributed by atoms with Gasteiger partial charge in [-0.15, -0.1) is 0 Å². The molecule has 7 heteroatoms. The first kappa shape index (κ1) is 20.9. The summed E-state index contributed by atoms with van der Waals surface area (Å²) in [5.41, 5.74) is -1.24. The largest absolute Gasteiger partial charge is 0.462 e. The van der Waals surface area contributed by atoms with Gasteiger partial charge in [0, 0.05) is 48.2 Å². The van der Waals surface area contributed by atoms with Gasteiger partial charge in [0.25, 0.3) is 0 Å². The summed E-state index contributed by atoms with van der Waals surface area (Å²) in [6, 6.07) is 0.162. The molecular formula is C26H35NO6. The SMILES string of the molecule is C=C1CC23CC4C5C6(C)CC(OC(=O)C(C)C)CC57C2C(O)C1C(OC(C)=O)C3(O)C7N4C6. The molecule has 7 nitrogen and oxygen atoms in total. The molecule has 0 radical (unpaired) electrons. The predicted octanol–water partition coefficient (Wildman–Crippen LogP) is 1.66. The monoisotopic (exact) mass is 457 g/mol. The molecule has 2 spiro atoms. The van der Waals surface area contributed by atoms with E-state index >= 15 is 0 Å². The third-order valence-electron chi connectivity index (χ3n) is 11.3. The molecule has 3 saturated heterocycles. The summed E-state index contributed by atoms with van der Waals surface area (Å²) in [5, 5.41) is 24.6. The number of aliphatic hydroxyl groups excluding tert-OH is 1. The number of esters is 2. The molecule has 3 aliphatic heterocycles. The van der Waals surface area contributed by atoms with Crippen LogP contribution in [0.1, 0.15) is 53.4 Å². The fraction of sp³-hybridized carbons (Fsp3) is 0.846.